The molecule has 0 spiro atoms. The van der Waals surface area contributed by atoms with Gasteiger partial charge in [-0.15, -0.1) is 0 Å². The number of nitrogens with two attached hydrogens (primary N) is 1. The first kappa shape index (κ1) is 4.05. The molecule has 0 aromatic carbocycles. The SMILES string of the molecule is NC1NC1CO. The van der Waals surface area contributed by atoms with Crippen LogP contribution >= 0.6 is 0 Å². The highest BCUT2D eigenvalue weighted by atomic mass is 16.3. The molecule has 0 aliphatic carbocycles. The van der Waals surface area contributed by atoms with Crippen LogP contribution < -0.4 is 11.1 Å². The second-order valence-corrected chi connectivity index (χ2v) is 1.48. The van der Waals surface area contributed by atoms with Crippen LogP contribution in [0.15, 0.2) is 0 Å². The van der Waals surface area contributed by atoms with Gasteiger partial charge in [-0.1, -0.05) is 0 Å². The van der Waals surface area contributed by atoms with Crippen molar-refractivity contribution in [2.75, 3.05) is 6.61 Å². The smallest absolute Gasteiger partial charge is 0.0731 e. The van der Waals surface area contributed by atoms with E-state index < -0.39 is 0 Å². The normalized spacial score (nSPS) is 43.0. The van der Waals surface area contributed by atoms with Gasteiger partial charge in [0, 0.05) is 0 Å². The van der Waals surface area contributed by atoms with Crippen LogP contribution in [-0.4, -0.2) is 23.9 Å². The van der Waals surface area contributed by atoms with Gasteiger partial charge in [-0.25, -0.2) is 0 Å². The molecular weight excluding hydrogens is 80.0 g/mol. The van der Waals surface area contributed by atoms with Crippen molar-refractivity contribution >= 4 is 0 Å². The third kappa shape index (κ3) is 0.518. The zero-order chi connectivity index (χ0) is 4.57. The van der Waals surface area contributed by atoms with Crippen molar-refractivity contribution in [1.29, 1.82) is 0 Å². The van der Waals surface area contributed by atoms with Crippen molar-refractivity contribution in [2.45, 2.75) is 12.2 Å². The van der Waals surface area contributed by atoms with E-state index in [9.17, 15) is 0 Å². The number of hydrogen-bond acceptors (Lipinski definition) is 3. The fourth-order valence-electron chi connectivity index (χ4n) is 0.358. The molecule has 3 heteroatoms. The maximum Gasteiger partial charge on any atom is 0.0731 e. The van der Waals surface area contributed by atoms with Gasteiger partial charge in [-0.05, 0) is 0 Å². The van der Waals surface area contributed by atoms with Gasteiger partial charge in [0.15, 0.2) is 0 Å². The van der Waals surface area contributed by atoms with Crippen LogP contribution in [-0.2, 0) is 0 Å². The van der Waals surface area contributed by atoms with E-state index in [1.54, 1.807) is 0 Å². The highest BCUT2D eigenvalue weighted by molar-refractivity contribution is 4.91. The fourth-order valence-corrected chi connectivity index (χ4v) is 0.358. The topological polar surface area (TPSA) is 68.2 Å². The number of rotatable bonds is 1. The lowest BCUT2D eigenvalue weighted by atomic mass is 10.5. The fraction of sp³-hybridized carbons (Fsp3) is 1.00. The largest absolute Gasteiger partial charge is 0.395 e. The van der Waals surface area contributed by atoms with E-state index in [0.717, 1.165) is 0 Å². The van der Waals surface area contributed by atoms with Gasteiger partial charge >= 0.3 is 0 Å². The Morgan fingerprint density at radius 2 is 2.33 bits per heavy atom. The zero-order valence-corrected chi connectivity index (χ0v) is 3.39. The van der Waals surface area contributed by atoms with Crippen LogP contribution in [0.1, 0.15) is 0 Å². The van der Waals surface area contributed by atoms with Crippen LogP contribution in [0.25, 0.3) is 0 Å². The molecule has 0 amide bonds. The Hall–Kier alpha value is -0.120. The molecule has 2 atom stereocenters. The van der Waals surface area contributed by atoms with Gasteiger partial charge in [-0.2, -0.15) is 0 Å². The lowest BCUT2D eigenvalue weighted by Gasteiger charge is -1.76. The maximum absolute atomic E-state index is 8.23. The summed E-state index contributed by atoms with van der Waals surface area (Å²) < 4.78 is 0. The molecule has 3 nitrogen and oxygen atoms in total. The standard InChI is InChI=1S/C3H8N2O/c4-3-2(1-6)5-3/h2-3,5-6H,1,4H2. The van der Waals surface area contributed by atoms with E-state index in [1.807, 2.05) is 0 Å². The van der Waals surface area contributed by atoms with Gasteiger partial charge in [0.2, 0.25) is 0 Å². The zero-order valence-electron chi connectivity index (χ0n) is 3.39. The van der Waals surface area contributed by atoms with E-state index in [1.165, 1.54) is 0 Å². The molecule has 4 N–H and O–H groups in total. The summed E-state index contributed by atoms with van der Waals surface area (Å²) in [7, 11) is 0. The lowest BCUT2D eigenvalue weighted by Crippen LogP contribution is -2.07. The van der Waals surface area contributed by atoms with Crippen molar-refractivity contribution < 1.29 is 5.11 Å². The van der Waals surface area contributed by atoms with Gasteiger partial charge < -0.3 is 10.8 Å². The third-order valence-electron chi connectivity index (χ3n) is 0.928. The minimum absolute atomic E-state index is 0.0648. The Kier molecular flexibility index (Phi) is 0.799. The summed E-state index contributed by atoms with van der Waals surface area (Å²) in [6, 6.07) is 0.185. The van der Waals surface area contributed by atoms with Gasteiger partial charge in [0.1, 0.15) is 0 Å². The summed E-state index contributed by atoms with van der Waals surface area (Å²) in [4.78, 5) is 0. The average Bonchev–Trinajstić information content (AvgIpc) is 2.19. The van der Waals surface area contributed by atoms with Crippen LogP contribution in [0.4, 0.5) is 0 Å². The highest BCUT2D eigenvalue weighted by Gasteiger charge is 2.30. The van der Waals surface area contributed by atoms with E-state index in [-0.39, 0.29) is 18.8 Å². The van der Waals surface area contributed by atoms with Crippen molar-refractivity contribution in [3.8, 4) is 0 Å². The Labute approximate surface area is 36.1 Å². The summed E-state index contributed by atoms with van der Waals surface area (Å²) in [6.07, 6.45) is 0.0648. The van der Waals surface area contributed by atoms with Crippen molar-refractivity contribution in [3.05, 3.63) is 0 Å². The lowest BCUT2D eigenvalue weighted by molar-refractivity contribution is 0.294. The van der Waals surface area contributed by atoms with Crippen molar-refractivity contribution in [3.63, 3.8) is 0 Å². The first-order valence-electron chi connectivity index (χ1n) is 1.97. The van der Waals surface area contributed by atoms with Crippen LogP contribution in [0, 0.1) is 0 Å². The Balaban J connectivity index is 2.09. The Morgan fingerprint density at radius 3 is 2.33 bits per heavy atom. The number of nitrogens with one attached hydrogen (secondary N) is 1. The van der Waals surface area contributed by atoms with Crippen LogP contribution in [0.3, 0.4) is 0 Å². The number of aliphatic hydroxyl groups is 1. The second-order valence-electron chi connectivity index (χ2n) is 1.48. The molecule has 1 rings (SSSR count). The summed E-state index contributed by atoms with van der Waals surface area (Å²) >= 11 is 0. The predicted molar refractivity (Wildman–Crippen MR) is 22.0 cm³/mol. The van der Waals surface area contributed by atoms with Gasteiger partial charge in [-0.3, -0.25) is 5.32 Å². The highest BCUT2D eigenvalue weighted by Crippen LogP contribution is 1.99. The first-order valence-corrected chi connectivity index (χ1v) is 1.97. The molecule has 1 saturated heterocycles. The molecule has 0 aromatic heterocycles. The molecule has 1 aliphatic rings. The van der Waals surface area contributed by atoms with Gasteiger partial charge in [0.05, 0.1) is 18.8 Å². The Morgan fingerprint density at radius 1 is 1.83 bits per heavy atom. The summed E-state index contributed by atoms with van der Waals surface area (Å²) in [6.45, 7) is 0.168. The number of hydrogen-bond donors (Lipinski definition) is 3. The molecule has 1 aliphatic heterocycles. The molecule has 0 radical (unpaired) electrons. The Bertz CT molecular complexity index is 54.8. The van der Waals surface area contributed by atoms with Crippen molar-refractivity contribution in [2.24, 2.45) is 5.73 Å². The molecular formula is C3H8N2O. The minimum atomic E-state index is 0.0648. The van der Waals surface area contributed by atoms with E-state index in [0.29, 0.717) is 0 Å². The molecule has 1 fully saturated rings. The molecule has 36 valence electrons. The molecule has 1 heterocycles. The number of aliphatic hydroxyl groups excluding tert-OH is 1. The molecule has 0 bridgehead atoms. The van der Waals surface area contributed by atoms with Crippen LogP contribution in [0.5, 0.6) is 0 Å². The average molecular weight is 88.1 g/mol. The summed E-state index contributed by atoms with van der Waals surface area (Å²) in [5, 5.41) is 11.0. The van der Waals surface area contributed by atoms with E-state index >= 15 is 0 Å². The summed E-state index contributed by atoms with van der Waals surface area (Å²) in [5.41, 5.74) is 5.21. The molecule has 0 aromatic rings. The first-order chi connectivity index (χ1) is 2.84. The molecule has 6 heavy (non-hydrogen) atoms. The van der Waals surface area contributed by atoms with Crippen molar-refractivity contribution in [1.82, 2.24) is 5.32 Å². The van der Waals surface area contributed by atoms with E-state index in [2.05, 4.69) is 5.32 Å². The van der Waals surface area contributed by atoms with Crippen LogP contribution in [0.2, 0.25) is 0 Å². The third-order valence-corrected chi connectivity index (χ3v) is 0.928. The molecule has 0 saturated carbocycles. The molecule has 2 unspecified atom stereocenters. The van der Waals surface area contributed by atoms with Gasteiger partial charge in [0.25, 0.3) is 0 Å². The quantitative estimate of drug-likeness (QED) is 0.332. The van der Waals surface area contributed by atoms with E-state index in [4.69, 9.17) is 10.8 Å². The maximum atomic E-state index is 8.23. The second kappa shape index (κ2) is 1.18. The summed E-state index contributed by atoms with van der Waals surface area (Å²) in [5.74, 6) is 0. The predicted octanol–water partition coefficient (Wildman–Crippen LogP) is -1.76. The monoisotopic (exact) mass is 88.1 g/mol. The minimum Gasteiger partial charge on any atom is -0.395 e.